The fourth-order valence-corrected chi connectivity index (χ4v) is 1.58. The number of aromatic amines is 1. The van der Waals surface area contributed by atoms with Crippen molar-refractivity contribution in [2.75, 3.05) is 5.32 Å². The molecule has 0 bridgehead atoms. The van der Waals surface area contributed by atoms with Crippen molar-refractivity contribution in [3.05, 3.63) is 45.5 Å². The summed E-state index contributed by atoms with van der Waals surface area (Å²) >= 11 is 0. The molecule has 0 saturated heterocycles. The number of hydrogen-bond donors (Lipinski definition) is 2. The van der Waals surface area contributed by atoms with Gasteiger partial charge in [0.1, 0.15) is 11.9 Å². The molecule has 0 radical (unpaired) electrons. The molecule has 0 aliphatic carbocycles. The van der Waals surface area contributed by atoms with Gasteiger partial charge in [-0.3, -0.25) is 20.0 Å². The van der Waals surface area contributed by atoms with Gasteiger partial charge in [0.25, 0.3) is 11.6 Å². The molecule has 2 rings (SSSR count). The number of nitrogens with one attached hydrogen (secondary N) is 2. The molecule has 2 N–H and O–H groups in total. The van der Waals surface area contributed by atoms with E-state index in [1.807, 2.05) is 6.92 Å². The maximum absolute atomic E-state index is 11.9. The van der Waals surface area contributed by atoms with Gasteiger partial charge >= 0.3 is 0 Å². The third-order valence-corrected chi connectivity index (χ3v) is 2.65. The molecule has 9 nitrogen and oxygen atoms in total. The molecule has 0 aliphatic heterocycles. The van der Waals surface area contributed by atoms with E-state index in [2.05, 4.69) is 20.5 Å². The number of anilines is 1. The molecule has 21 heavy (non-hydrogen) atoms. The van der Waals surface area contributed by atoms with E-state index < -0.39 is 10.8 Å². The van der Waals surface area contributed by atoms with Crippen LogP contribution in [0.25, 0.3) is 0 Å². The molecule has 0 saturated carbocycles. The largest absolute Gasteiger partial charge is 0.318 e. The van der Waals surface area contributed by atoms with Crippen LogP contribution in [0.5, 0.6) is 0 Å². The average molecular weight is 286 g/mol. The van der Waals surface area contributed by atoms with Crippen LogP contribution in [0.4, 0.5) is 11.4 Å². The van der Waals surface area contributed by atoms with Crippen LogP contribution in [0.1, 0.15) is 28.9 Å². The van der Waals surface area contributed by atoms with E-state index in [4.69, 9.17) is 5.26 Å². The number of amides is 1. The van der Waals surface area contributed by atoms with Crippen molar-refractivity contribution in [1.82, 2.24) is 15.2 Å². The minimum atomic E-state index is -0.616. The molecule has 0 atom stereocenters. The summed E-state index contributed by atoms with van der Waals surface area (Å²) in [5, 5.41) is 28.4. The number of nitrogens with zero attached hydrogens (tertiary/aromatic N) is 4. The lowest BCUT2D eigenvalue weighted by molar-refractivity contribution is -0.384. The van der Waals surface area contributed by atoms with Crippen LogP contribution in [-0.4, -0.2) is 26.0 Å². The second-order valence-electron chi connectivity index (χ2n) is 4.01. The lowest BCUT2D eigenvalue weighted by atomic mass is 10.1. The number of nitro groups is 1. The van der Waals surface area contributed by atoms with E-state index in [1.54, 1.807) is 6.07 Å². The van der Waals surface area contributed by atoms with Crippen LogP contribution in [0, 0.1) is 21.4 Å². The number of aryl methyl sites for hydroxylation is 1. The number of benzene rings is 1. The third-order valence-electron chi connectivity index (χ3n) is 2.65. The summed E-state index contributed by atoms with van der Waals surface area (Å²) in [6, 6.07) is 5.38. The maximum Gasteiger partial charge on any atom is 0.295 e. The Morgan fingerprint density at radius 3 is 2.90 bits per heavy atom. The summed E-state index contributed by atoms with van der Waals surface area (Å²) in [7, 11) is 0. The molecule has 1 heterocycles. The Balaban J connectivity index is 2.25. The summed E-state index contributed by atoms with van der Waals surface area (Å²) in [5.74, 6) is -0.102. The van der Waals surface area contributed by atoms with Gasteiger partial charge in [-0.05, 0) is 6.07 Å². The summed E-state index contributed by atoms with van der Waals surface area (Å²) in [6.07, 6.45) is 0.598. The molecule has 0 spiro atoms. The number of aromatic nitrogens is 3. The van der Waals surface area contributed by atoms with Crippen molar-refractivity contribution in [2.24, 2.45) is 0 Å². The smallest absolute Gasteiger partial charge is 0.295 e. The summed E-state index contributed by atoms with van der Waals surface area (Å²) in [5.41, 5.74) is -0.0736. The number of nitro benzene ring substituents is 1. The predicted molar refractivity (Wildman–Crippen MR) is 71.5 cm³/mol. The van der Waals surface area contributed by atoms with Crippen molar-refractivity contribution in [2.45, 2.75) is 13.3 Å². The lowest BCUT2D eigenvalue weighted by Gasteiger charge is -2.04. The van der Waals surface area contributed by atoms with Crippen molar-refractivity contribution in [3.8, 4) is 6.07 Å². The molecule has 0 fully saturated rings. The number of nitriles is 1. The quantitative estimate of drug-likeness (QED) is 0.643. The minimum Gasteiger partial charge on any atom is -0.318 e. The SMILES string of the molecule is CCc1nc(C(=O)Nc2ccc([N+](=O)[O-])cc2C#N)n[nH]1. The first-order valence-corrected chi connectivity index (χ1v) is 5.96. The first-order valence-electron chi connectivity index (χ1n) is 5.96. The fourth-order valence-electron chi connectivity index (χ4n) is 1.58. The summed E-state index contributed by atoms with van der Waals surface area (Å²) < 4.78 is 0. The van der Waals surface area contributed by atoms with Crippen molar-refractivity contribution in [1.29, 1.82) is 5.26 Å². The number of hydrogen-bond acceptors (Lipinski definition) is 6. The molecule has 2 aromatic rings. The Morgan fingerprint density at radius 1 is 1.57 bits per heavy atom. The zero-order valence-electron chi connectivity index (χ0n) is 11.0. The lowest BCUT2D eigenvalue weighted by Crippen LogP contribution is -2.14. The molecule has 106 valence electrons. The topological polar surface area (TPSA) is 138 Å². The van der Waals surface area contributed by atoms with Crippen LogP contribution in [-0.2, 0) is 6.42 Å². The van der Waals surface area contributed by atoms with Crippen molar-refractivity contribution < 1.29 is 9.72 Å². The maximum atomic E-state index is 11.9. The highest BCUT2D eigenvalue weighted by Crippen LogP contribution is 2.21. The average Bonchev–Trinajstić information content (AvgIpc) is 2.96. The van der Waals surface area contributed by atoms with E-state index >= 15 is 0 Å². The second-order valence-corrected chi connectivity index (χ2v) is 4.01. The van der Waals surface area contributed by atoms with Crippen molar-refractivity contribution in [3.63, 3.8) is 0 Å². The van der Waals surface area contributed by atoms with Crippen LogP contribution < -0.4 is 5.32 Å². The Labute approximate surface area is 118 Å². The predicted octanol–water partition coefficient (Wildman–Crippen LogP) is 1.40. The zero-order valence-corrected chi connectivity index (χ0v) is 11.0. The molecule has 0 aliphatic rings. The molecular weight excluding hydrogens is 276 g/mol. The van der Waals surface area contributed by atoms with Gasteiger partial charge in [0.2, 0.25) is 5.82 Å². The molecule has 1 aromatic carbocycles. The summed E-state index contributed by atoms with van der Waals surface area (Å²) in [6.45, 7) is 1.85. The number of carbonyl (C=O) groups is 1. The van der Waals surface area contributed by atoms with Crippen LogP contribution in [0.2, 0.25) is 0 Å². The van der Waals surface area contributed by atoms with E-state index in [9.17, 15) is 14.9 Å². The van der Waals surface area contributed by atoms with Gasteiger partial charge in [-0.1, -0.05) is 6.92 Å². The van der Waals surface area contributed by atoms with Crippen LogP contribution in [0.3, 0.4) is 0 Å². The number of carbonyl (C=O) groups excluding carboxylic acids is 1. The number of non-ortho nitro benzene ring substituents is 1. The van der Waals surface area contributed by atoms with E-state index in [0.717, 1.165) is 6.07 Å². The zero-order chi connectivity index (χ0) is 15.4. The number of rotatable bonds is 4. The highest BCUT2D eigenvalue weighted by atomic mass is 16.6. The van der Waals surface area contributed by atoms with Gasteiger partial charge in [-0.2, -0.15) is 5.26 Å². The van der Waals surface area contributed by atoms with E-state index in [-0.39, 0.29) is 22.8 Å². The first kappa shape index (κ1) is 14.1. The van der Waals surface area contributed by atoms with Crippen molar-refractivity contribution >= 4 is 17.3 Å². The fraction of sp³-hybridized carbons (Fsp3) is 0.167. The van der Waals surface area contributed by atoms with Crippen LogP contribution in [0.15, 0.2) is 18.2 Å². The molecular formula is C12H10N6O3. The minimum absolute atomic E-state index is 0.0104. The molecule has 0 unspecified atom stereocenters. The normalized spacial score (nSPS) is 9.90. The van der Waals surface area contributed by atoms with E-state index in [0.29, 0.717) is 12.2 Å². The Kier molecular flexibility index (Phi) is 3.90. The van der Waals surface area contributed by atoms with Gasteiger partial charge in [0.15, 0.2) is 0 Å². The molecule has 1 aromatic heterocycles. The Morgan fingerprint density at radius 2 is 2.33 bits per heavy atom. The van der Waals surface area contributed by atoms with Gasteiger partial charge in [0, 0.05) is 18.6 Å². The summed E-state index contributed by atoms with van der Waals surface area (Å²) in [4.78, 5) is 25.9. The number of H-pyrrole nitrogens is 1. The Hall–Kier alpha value is -3.28. The molecule has 1 amide bonds. The monoisotopic (exact) mass is 286 g/mol. The highest BCUT2D eigenvalue weighted by molar-refractivity contribution is 6.02. The second kappa shape index (κ2) is 5.79. The van der Waals surface area contributed by atoms with E-state index in [1.165, 1.54) is 12.1 Å². The highest BCUT2D eigenvalue weighted by Gasteiger charge is 2.16. The van der Waals surface area contributed by atoms with Gasteiger partial charge in [0.05, 0.1) is 16.2 Å². The first-order chi connectivity index (χ1) is 10.0. The van der Waals surface area contributed by atoms with Gasteiger partial charge in [-0.15, -0.1) is 5.10 Å². The molecule has 9 heteroatoms. The third kappa shape index (κ3) is 3.01. The standard InChI is InChI=1S/C12H10N6O3/c1-2-10-15-11(17-16-10)12(19)14-9-4-3-8(18(20)21)5-7(9)6-13/h3-5H,2H2,1H3,(H,14,19)(H,15,16,17). The van der Waals surface area contributed by atoms with Crippen LogP contribution >= 0.6 is 0 Å². The van der Waals surface area contributed by atoms with Gasteiger partial charge < -0.3 is 5.32 Å². The van der Waals surface area contributed by atoms with Gasteiger partial charge in [-0.25, -0.2) is 4.98 Å². The Bertz CT molecular complexity index is 746.